The normalized spacial score (nSPS) is 11.3. The molecule has 1 aromatic carbocycles. The molecule has 112 valence electrons. The third kappa shape index (κ3) is 3.72. The van der Waals surface area contributed by atoms with Crippen molar-refractivity contribution in [1.82, 2.24) is 9.97 Å². The average molecular weight is 322 g/mol. The average Bonchev–Trinajstić information content (AvgIpc) is 2.41. The zero-order valence-corrected chi connectivity index (χ0v) is 11.3. The lowest BCUT2D eigenvalue weighted by atomic mass is 10.1. The summed E-state index contributed by atoms with van der Waals surface area (Å²) in [5.74, 6) is -1.22. The van der Waals surface area contributed by atoms with E-state index in [9.17, 15) is 17.6 Å². The Morgan fingerprint density at radius 1 is 1.24 bits per heavy atom. The van der Waals surface area contributed by atoms with Crippen molar-refractivity contribution < 1.29 is 22.3 Å². The molecule has 0 radical (unpaired) electrons. The van der Waals surface area contributed by atoms with Gasteiger partial charge in [0, 0.05) is 11.8 Å². The summed E-state index contributed by atoms with van der Waals surface area (Å²) < 4.78 is 56.5. The number of benzene rings is 1. The third-order valence-corrected chi connectivity index (χ3v) is 2.63. The maximum atomic E-state index is 13.5. The van der Waals surface area contributed by atoms with Crippen LogP contribution in [0.1, 0.15) is 5.56 Å². The molecule has 9 heteroatoms. The van der Waals surface area contributed by atoms with E-state index in [4.69, 9.17) is 16.3 Å². The Balaban J connectivity index is 2.42. The molecule has 0 aliphatic rings. The van der Waals surface area contributed by atoms with Gasteiger partial charge in [-0.3, -0.25) is 0 Å². The molecule has 0 unspecified atom stereocenters. The Kier molecular flexibility index (Phi) is 4.17. The van der Waals surface area contributed by atoms with Crippen LogP contribution in [0.3, 0.4) is 0 Å². The summed E-state index contributed by atoms with van der Waals surface area (Å²) in [4.78, 5) is 6.97. The van der Waals surface area contributed by atoms with Gasteiger partial charge in [0.1, 0.15) is 5.75 Å². The third-order valence-electron chi connectivity index (χ3n) is 2.45. The fraction of sp³-hybridized carbons (Fsp3) is 0.167. The lowest BCUT2D eigenvalue weighted by Crippen LogP contribution is -2.07. The number of nitrogens with zero attached hydrogens (tertiary/aromatic N) is 2. The first-order chi connectivity index (χ1) is 9.79. The summed E-state index contributed by atoms with van der Waals surface area (Å²) in [6.45, 7) is 0. The molecule has 2 rings (SSSR count). The maximum absolute atomic E-state index is 13.5. The Morgan fingerprint density at radius 2 is 1.95 bits per heavy atom. The number of hydrogen-bond acceptors (Lipinski definition) is 4. The SMILES string of the molecule is COc1cc(Nc2nc(Cl)ncc2F)cc(C(F)(F)F)c1. The van der Waals surface area contributed by atoms with Crippen molar-refractivity contribution in [2.75, 3.05) is 12.4 Å². The molecule has 1 heterocycles. The molecule has 1 aromatic heterocycles. The summed E-state index contributed by atoms with van der Waals surface area (Å²) >= 11 is 5.51. The van der Waals surface area contributed by atoms with Crippen LogP contribution in [0.5, 0.6) is 5.75 Å². The van der Waals surface area contributed by atoms with E-state index in [2.05, 4.69) is 15.3 Å². The molecular weight excluding hydrogens is 314 g/mol. The number of nitrogens with one attached hydrogen (secondary N) is 1. The van der Waals surface area contributed by atoms with Crippen molar-refractivity contribution >= 4 is 23.1 Å². The Bertz CT molecular complexity index is 663. The van der Waals surface area contributed by atoms with Crippen LogP contribution >= 0.6 is 11.6 Å². The van der Waals surface area contributed by atoms with Crippen molar-refractivity contribution in [1.29, 1.82) is 0 Å². The Hall–Kier alpha value is -2.09. The van der Waals surface area contributed by atoms with Gasteiger partial charge in [-0.2, -0.15) is 18.2 Å². The molecule has 0 saturated carbocycles. The van der Waals surface area contributed by atoms with E-state index in [-0.39, 0.29) is 22.5 Å². The minimum atomic E-state index is -4.56. The smallest absolute Gasteiger partial charge is 0.416 e. The number of anilines is 2. The van der Waals surface area contributed by atoms with Crippen molar-refractivity contribution in [3.8, 4) is 5.75 Å². The zero-order valence-electron chi connectivity index (χ0n) is 10.5. The second kappa shape index (κ2) is 5.72. The van der Waals surface area contributed by atoms with Crippen LogP contribution in [0.15, 0.2) is 24.4 Å². The Morgan fingerprint density at radius 3 is 2.57 bits per heavy atom. The number of rotatable bonds is 3. The van der Waals surface area contributed by atoms with Gasteiger partial charge in [-0.15, -0.1) is 0 Å². The zero-order chi connectivity index (χ0) is 15.6. The molecule has 0 aliphatic carbocycles. The summed E-state index contributed by atoms with van der Waals surface area (Å²) in [6.07, 6.45) is -3.75. The van der Waals surface area contributed by atoms with Gasteiger partial charge >= 0.3 is 6.18 Å². The quantitative estimate of drug-likeness (QED) is 0.684. The van der Waals surface area contributed by atoms with Gasteiger partial charge in [0.05, 0.1) is 18.9 Å². The van der Waals surface area contributed by atoms with Gasteiger partial charge in [-0.25, -0.2) is 9.37 Å². The van der Waals surface area contributed by atoms with Crippen molar-refractivity contribution in [2.24, 2.45) is 0 Å². The lowest BCUT2D eigenvalue weighted by molar-refractivity contribution is -0.137. The first-order valence-corrected chi connectivity index (χ1v) is 5.88. The minimum Gasteiger partial charge on any atom is -0.497 e. The molecule has 0 fully saturated rings. The number of aromatic nitrogens is 2. The molecule has 1 N–H and O–H groups in total. The lowest BCUT2D eigenvalue weighted by Gasteiger charge is -2.13. The van der Waals surface area contributed by atoms with Crippen LogP contribution in [-0.2, 0) is 6.18 Å². The fourth-order valence-electron chi connectivity index (χ4n) is 1.52. The van der Waals surface area contributed by atoms with Gasteiger partial charge in [0.25, 0.3) is 0 Å². The fourth-order valence-corrected chi connectivity index (χ4v) is 1.66. The van der Waals surface area contributed by atoms with E-state index >= 15 is 0 Å². The molecule has 21 heavy (non-hydrogen) atoms. The maximum Gasteiger partial charge on any atom is 0.416 e. The number of hydrogen-bond donors (Lipinski definition) is 1. The van der Waals surface area contributed by atoms with Crippen LogP contribution in [0.4, 0.5) is 29.1 Å². The van der Waals surface area contributed by atoms with Crippen molar-refractivity contribution in [3.05, 3.63) is 41.1 Å². The van der Waals surface area contributed by atoms with Crippen LogP contribution in [-0.4, -0.2) is 17.1 Å². The molecule has 0 saturated heterocycles. The highest BCUT2D eigenvalue weighted by molar-refractivity contribution is 6.28. The minimum absolute atomic E-state index is 0.0344. The molecular formula is C12H8ClF4N3O. The van der Waals surface area contributed by atoms with Crippen LogP contribution < -0.4 is 10.1 Å². The van der Waals surface area contributed by atoms with Gasteiger partial charge in [0.15, 0.2) is 11.6 Å². The molecule has 0 amide bonds. The van der Waals surface area contributed by atoms with Gasteiger partial charge in [-0.1, -0.05) is 0 Å². The highest BCUT2D eigenvalue weighted by Crippen LogP contribution is 2.35. The number of alkyl halides is 3. The van der Waals surface area contributed by atoms with Gasteiger partial charge in [0.2, 0.25) is 5.28 Å². The second-order valence-corrected chi connectivity index (χ2v) is 4.25. The topological polar surface area (TPSA) is 47.0 Å². The van der Waals surface area contributed by atoms with E-state index in [0.717, 1.165) is 18.3 Å². The predicted molar refractivity (Wildman–Crippen MR) is 68.3 cm³/mol. The number of methoxy groups -OCH3 is 1. The van der Waals surface area contributed by atoms with Crippen molar-refractivity contribution in [3.63, 3.8) is 0 Å². The molecule has 0 aliphatic heterocycles. The predicted octanol–water partition coefficient (Wildman–Crippen LogP) is 4.04. The van der Waals surface area contributed by atoms with E-state index in [1.165, 1.54) is 13.2 Å². The van der Waals surface area contributed by atoms with Crippen LogP contribution in [0.25, 0.3) is 0 Å². The van der Waals surface area contributed by atoms with Crippen molar-refractivity contribution in [2.45, 2.75) is 6.18 Å². The first-order valence-electron chi connectivity index (χ1n) is 5.51. The second-order valence-electron chi connectivity index (χ2n) is 3.91. The molecule has 0 atom stereocenters. The summed E-state index contributed by atoms with van der Waals surface area (Å²) in [7, 11) is 1.22. The number of ether oxygens (including phenoxy) is 1. The van der Waals surface area contributed by atoms with E-state index in [0.29, 0.717) is 0 Å². The van der Waals surface area contributed by atoms with Crippen LogP contribution in [0.2, 0.25) is 5.28 Å². The molecule has 0 bridgehead atoms. The monoisotopic (exact) mass is 321 g/mol. The summed E-state index contributed by atoms with van der Waals surface area (Å²) in [5, 5.41) is 2.17. The van der Waals surface area contributed by atoms with E-state index in [1.807, 2.05) is 0 Å². The Labute approximate surface area is 121 Å². The molecule has 4 nitrogen and oxygen atoms in total. The number of halogens is 5. The summed E-state index contributed by atoms with van der Waals surface area (Å²) in [6, 6.07) is 2.90. The van der Waals surface area contributed by atoms with Crippen LogP contribution in [0, 0.1) is 5.82 Å². The molecule has 0 spiro atoms. The highest BCUT2D eigenvalue weighted by Gasteiger charge is 2.31. The van der Waals surface area contributed by atoms with Gasteiger partial charge in [-0.05, 0) is 23.7 Å². The summed E-state index contributed by atoms with van der Waals surface area (Å²) in [5.41, 5.74) is -0.986. The standard InChI is InChI=1S/C12H8ClF4N3O/c1-21-8-3-6(12(15,16)17)2-7(4-8)19-10-9(14)5-18-11(13)20-10/h2-5H,1H3,(H,18,19,20). The highest BCUT2D eigenvalue weighted by atomic mass is 35.5. The van der Waals surface area contributed by atoms with E-state index in [1.54, 1.807) is 0 Å². The van der Waals surface area contributed by atoms with Gasteiger partial charge < -0.3 is 10.1 Å². The largest absolute Gasteiger partial charge is 0.497 e. The first kappa shape index (κ1) is 15.3. The molecule has 2 aromatic rings. The van der Waals surface area contributed by atoms with E-state index < -0.39 is 17.6 Å².